The van der Waals surface area contributed by atoms with Gasteiger partial charge in [-0.3, -0.25) is 0 Å². The minimum absolute atomic E-state index is 0.371. The molecule has 2 rings (SSSR count). The lowest BCUT2D eigenvalue weighted by molar-refractivity contribution is -0.446. The quantitative estimate of drug-likeness (QED) is 0.377. The summed E-state index contributed by atoms with van der Waals surface area (Å²) in [7, 11) is 0. The van der Waals surface area contributed by atoms with E-state index in [0.29, 0.717) is 9.36 Å². The highest BCUT2D eigenvalue weighted by Gasteiger charge is 2.28. The number of nitrogens with one attached hydrogen (secondary N) is 2. The Morgan fingerprint density at radius 2 is 1.08 bits per heavy atom. The predicted octanol–water partition coefficient (Wildman–Crippen LogP) is -1.41. The molecule has 0 radical (unpaired) electrons. The molecule has 0 aromatic carbocycles. The topological polar surface area (TPSA) is 258 Å². The van der Waals surface area contributed by atoms with E-state index >= 15 is 0 Å². The van der Waals surface area contributed by atoms with E-state index in [4.69, 9.17) is 0 Å². The van der Waals surface area contributed by atoms with Crippen LogP contribution in [0.5, 0.6) is 0 Å². The van der Waals surface area contributed by atoms with Gasteiger partial charge in [-0.25, -0.2) is 20.2 Å². The van der Waals surface area contributed by atoms with Crippen LogP contribution in [0.3, 0.4) is 0 Å². The van der Waals surface area contributed by atoms with Crippen LogP contribution in [0.4, 0.5) is 23.8 Å². The SMILES string of the molecule is O=[N+]([O-])Nc1nc([N+](=O)[O-])nn1CCn1nc([N+](=O)[O-])nc1N[N+](=O)[O-]. The molecule has 0 aliphatic rings. The maximum absolute atomic E-state index is 10.7. The molecule has 0 spiro atoms. The van der Waals surface area contributed by atoms with Crippen molar-refractivity contribution in [1.82, 2.24) is 29.5 Å². The van der Waals surface area contributed by atoms with Gasteiger partial charge in [0.1, 0.15) is 0 Å². The average Bonchev–Trinajstić information content (AvgIpc) is 3.08. The first-order chi connectivity index (χ1) is 12.2. The van der Waals surface area contributed by atoms with Gasteiger partial charge in [-0.1, -0.05) is 10.9 Å². The molecule has 0 aliphatic carbocycles. The summed E-state index contributed by atoms with van der Waals surface area (Å²) in [5.41, 5.74) is 3.17. The monoisotopic (exact) mass is 374 g/mol. The van der Waals surface area contributed by atoms with Crippen molar-refractivity contribution in [2.45, 2.75) is 13.1 Å². The fraction of sp³-hybridized carbons (Fsp3) is 0.333. The van der Waals surface area contributed by atoms with Gasteiger partial charge in [0.05, 0.1) is 13.1 Å². The molecule has 2 N–H and O–H groups in total. The van der Waals surface area contributed by atoms with Crippen LogP contribution >= 0.6 is 0 Å². The molecule has 0 unspecified atom stereocenters. The Morgan fingerprint density at radius 3 is 1.35 bits per heavy atom. The molecule has 0 amide bonds. The molecule has 2 heterocycles. The van der Waals surface area contributed by atoms with Crippen LogP contribution in [0.1, 0.15) is 0 Å². The number of hydrogen-bond acceptors (Lipinski definition) is 12. The fourth-order valence-electron chi connectivity index (χ4n) is 1.64. The van der Waals surface area contributed by atoms with E-state index in [9.17, 15) is 40.5 Å². The van der Waals surface area contributed by atoms with Crippen molar-refractivity contribution >= 4 is 23.8 Å². The van der Waals surface area contributed by atoms with Crippen LogP contribution in [0.15, 0.2) is 0 Å². The molecular formula is C6H6N12O8. The highest BCUT2D eigenvalue weighted by atomic mass is 16.7. The highest BCUT2D eigenvalue weighted by molar-refractivity contribution is 5.27. The summed E-state index contributed by atoms with van der Waals surface area (Å²) >= 11 is 0. The summed E-state index contributed by atoms with van der Waals surface area (Å²) in [6.07, 6.45) is 0. The first-order valence-electron chi connectivity index (χ1n) is 6.18. The zero-order chi connectivity index (χ0) is 19.4. The van der Waals surface area contributed by atoms with E-state index in [1.165, 1.54) is 0 Å². The molecule has 0 atom stereocenters. The highest BCUT2D eigenvalue weighted by Crippen LogP contribution is 2.14. The lowest BCUT2D eigenvalue weighted by Gasteiger charge is -1.99. The predicted molar refractivity (Wildman–Crippen MR) is 74.6 cm³/mol. The average molecular weight is 374 g/mol. The van der Waals surface area contributed by atoms with Gasteiger partial charge in [0.25, 0.3) is 0 Å². The maximum atomic E-state index is 10.7. The lowest BCUT2D eigenvalue weighted by Crippen LogP contribution is -2.19. The van der Waals surface area contributed by atoms with Crippen LogP contribution in [-0.2, 0) is 13.1 Å². The van der Waals surface area contributed by atoms with Crippen LogP contribution < -0.4 is 10.9 Å². The van der Waals surface area contributed by atoms with Gasteiger partial charge in [-0.15, -0.1) is 9.36 Å². The van der Waals surface area contributed by atoms with Gasteiger partial charge < -0.3 is 20.2 Å². The lowest BCUT2D eigenvalue weighted by atomic mass is 10.6. The van der Waals surface area contributed by atoms with Crippen molar-refractivity contribution in [3.63, 3.8) is 0 Å². The first kappa shape index (κ1) is 17.8. The summed E-state index contributed by atoms with van der Waals surface area (Å²) in [6.45, 7) is -0.742. The third-order valence-electron chi connectivity index (χ3n) is 2.55. The van der Waals surface area contributed by atoms with Gasteiger partial charge in [0.15, 0.2) is 10.1 Å². The molecule has 0 aliphatic heterocycles. The Balaban J connectivity index is 2.27. The van der Waals surface area contributed by atoms with Crippen LogP contribution in [0.2, 0.25) is 0 Å². The molecule has 0 saturated carbocycles. The number of hydrogen-bond donors (Lipinski definition) is 2. The number of nitro groups is 4. The molecule has 20 nitrogen and oxygen atoms in total. The molecule has 20 heteroatoms. The van der Waals surface area contributed by atoms with Gasteiger partial charge in [0, 0.05) is 10.2 Å². The van der Waals surface area contributed by atoms with E-state index in [-0.39, 0.29) is 13.1 Å². The Bertz CT molecular complexity index is 812. The second-order valence-corrected chi connectivity index (χ2v) is 4.17. The molecule has 0 fully saturated rings. The standard InChI is InChI=1S/C6H6N12O8/c19-15(20)5-7-3(11-17(23)24)13(9-5)1-2-14-4(12-18(25)26)8-6(10-14)16(21)22/h1-2H2,(H,7,9,11)(H,8,10,12). The summed E-state index contributed by atoms with van der Waals surface area (Å²) < 4.78 is 1.43. The van der Waals surface area contributed by atoms with Gasteiger partial charge >= 0.3 is 23.8 Å². The molecule has 2 aromatic rings. The van der Waals surface area contributed by atoms with Crippen molar-refractivity contribution < 1.29 is 19.9 Å². The number of aryl methyl sites for hydroxylation is 2. The van der Waals surface area contributed by atoms with Crippen molar-refractivity contribution in [3.05, 3.63) is 40.5 Å². The minimum atomic E-state index is -1.04. The number of rotatable bonds is 9. The molecule has 26 heavy (non-hydrogen) atoms. The van der Waals surface area contributed by atoms with Gasteiger partial charge in [-0.05, 0) is 19.8 Å². The Morgan fingerprint density at radius 1 is 0.731 bits per heavy atom. The smallest absolute Gasteiger partial charge is 0.390 e. The Kier molecular flexibility index (Phi) is 4.75. The maximum Gasteiger partial charge on any atom is 0.493 e. The largest absolute Gasteiger partial charge is 0.493 e. The second-order valence-electron chi connectivity index (χ2n) is 4.17. The summed E-state index contributed by atoms with van der Waals surface area (Å²) in [5.74, 6) is -3.08. The summed E-state index contributed by atoms with van der Waals surface area (Å²) in [6, 6.07) is 0. The van der Waals surface area contributed by atoms with E-state index in [0.717, 1.165) is 0 Å². The summed E-state index contributed by atoms with van der Waals surface area (Å²) in [5, 5.41) is 47.0. The minimum Gasteiger partial charge on any atom is -0.390 e. The molecular weight excluding hydrogens is 368 g/mol. The van der Waals surface area contributed by atoms with Crippen molar-refractivity contribution in [2.75, 3.05) is 10.9 Å². The zero-order valence-corrected chi connectivity index (χ0v) is 12.2. The van der Waals surface area contributed by atoms with Crippen LogP contribution in [0.25, 0.3) is 0 Å². The summed E-state index contributed by atoms with van der Waals surface area (Å²) in [4.78, 5) is 46.9. The van der Waals surface area contributed by atoms with E-state index in [2.05, 4.69) is 20.2 Å². The second kappa shape index (κ2) is 6.93. The molecule has 2 aromatic heterocycles. The third-order valence-corrected chi connectivity index (χ3v) is 2.55. The fourth-order valence-corrected chi connectivity index (χ4v) is 1.64. The van der Waals surface area contributed by atoms with Gasteiger partial charge in [0.2, 0.25) is 0 Å². The van der Waals surface area contributed by atoms with Crippen molar-refractivity contribution in [3.8, 4) is 0 Å². The van der Waals surface area contributed by atoms with Gasteiger partial charge in [-0.2, -0.15) is 0 Å². The Hall–Kier alpha value is -4.52. The van der Waals surface area contributed by atoms with E-state index < -0.39 is 43.7 Å². The van der Waals surface area contributed by atoms with Crippen molar-refractivity contribution in [1.29, 1.82) is 0 Å². The number of hydrazine groups is 2. The van der Waals surface area contributed by atoms with Crippen LogP contribution in [0, 0.1) is 40.5 Å². The number of aromatic nitrogens is 6. The number of nitrogens with zero attached hydrogens (tertiary/aromatic N) is 10. The normalized spacial score (nSPS) is 10.3. The molecule has 0 saturated heterocycles. The van der Waals surface area contributed by atoms with Crippen LogP contribution in [-0.4, -0.2) is 49.4 Å². The third kappa shape index (κ3) is 4.06. The van der Waals surface area contributed by atoms with E-state index in [1.54, 1.807) is 10.9 Å². The molecule has 138 valence electrons. The van der Waals surface area contributed by atoms with E-state index in [1.807, 2.05) is 0 Å². The van der Waals surface area contributed by atoms with Crippen molar-refractivity contribution in [2.24, 2.45) is 0 Å². The first-order valence-corrected chi connectivity index (χ1v) is 6.18. The Labute approximate surface area is 139 Å². The number of anilines is 2. The molecule has 0 bridgehead atoms. The zero-order valence-electron chi connectivity index (χ0n) is 12.2.